The quantitative estimate of drug-likeness (QED) is 0.608. The molecule has 4 fully saturated rings. The van der Waals surface area contributed by atoms with E-state index in [2.05, 4.69) is 23.5 Å². The molecule has 31 heavy (non-hydrogen) atoms. The minimum Gasteiger partial charge on any atom is -0.489 e. The van der Waals surface area contributed by atoms with Gasteiger partial charge in [0, 0.05) is 11.5 Å². The molecule has 4 aliphatic carbocycles. The zero-order chi connectivity index (χ0) is 21.9. The third-order valence-electron chi connectivity index (χ3n) is 8.23. The fourth-order valence-electron chi connectivity index (χ4n) is 5.86. The summed E-state index contributed by atoms with van der Waals surface area (Å²) in [5, 5.41) is 12.6. The number of carbonyl (C=O) groups is 1. The van der Waals surface area contributed by atoms with Gasteiger partial charge < -0.3 is 10.1 Å². The van der Waals surface area contributed by atoms with Crippen LogP contribution in [0.4, 0.5) is 4.39 Å². The summed E-state index contributed by atoms with van der Waals surface area (Å²) in [5.74, 6) is 0.919. The Morgan fingerprint density at radius 1 is 1.19 bits per heavy atom. The number of nitrogens with one attached hydrogen (secondary N) is 1. The second kappa shape index (κ2) is 9.02. The van der Waals surface area contributed by atoms with Crippen molar-refractivity contribution in [2.45, 2.75) is 82.6 Å². The Kier molecular flexibility index (Phi) is 6.36. The topological polar surface area (TPSA) is 62.1 Å². The third-order valence-corrected chi connectivity index (χ3v) is 8.23. The van der Waals surface area contributed by atoms with E-state index in [1.807, 2.05) is 19.1 Å². The van der Waals surface area contributed by atoms with Crippen LogP contribution in [0.5, 0.6) is 5.75 Å². The molecule has 0 heterocycles. The maximum atomic E-state index is 13.2. The molecular weight excluding hydrogens is 391 g/mol. The molecule has 5 rings (SSSR count). The van der Waals surface area contributed by atoms with E-state index in [0.717, 1.165) is 63.5 Å². The van der Waals surface area contributed by atoms with Crippen molar-refractivity contribution in [3.8, 4) is 11.8 Å². The number of halogens is 1. The van der Waals surface area contributed by atoms with Crippen molar-refractivity contribution in [3.05, 3.63) is 41.7 Å². The van der Waals surface area contributed by atoms with Crippen LogP contribution in [-0.4, -0.2) is 18.6 Å². The first kappa shape index (κ1) is 21.9. The molecule has 0 aliphatic heterocycles. The van der Waals surface area contributed by atoms with Crippen LogP contribution in [0.3, 0.4) is 0 Å². The first-order chi connectivity index (χ1) is 15.0. The standard InChI is InChI=1S/C26H33FN2O2/c1-2-19(16-27)18-31-22-8-6-21(7-9-22)25-10-13-26(14-11-25,15-12-25)24(30)29-23-5-3-4-20(23)17-28/h6-9,16,20,23H,2-5,10-15,18H2,1H3,(H,29,30)/b19-16+. The number of hydrogen-bond donors (Lipinski definition) is 1. The van der Waals surface area contributed by atoms with Crippen LogP contribution in [0.15, 0.2) is 36.2 Å². The van der Waals surface area contributed by atoms with Crippen molar-refractivity contribution in [3.63, 3.8) is 0 Å². The van der Waals surface area contributed by atoms with Gasteiger partial charge in [-0.25, -0.2) is 4.39 Å². The number of carbonyl (C=O) groups excluding carboxylic acids is 1. The second-order valence-corrected chi connectivity index (χ2v) is 9.74. The normalized spacial score (nSPS) is 32.5. The lowest BCUT2D eigenvalue weighted by Gasteiger charge is -2.53. The summed E-state index contributed by atoms with van der Waals surface area (Å²) in [4.78, 5) is 13.2. The van der Waals surface area contributed by atoms with E-state index in [0.29, 0.717) is 18.3 Å². The number of benzene rings is 1. The molecule has 1 N–H and O–H groups in total. The second-order valence-electron chi connectivity index (χ2n) is 9.74. The van der Waals surface area contributed by atoms with Gasteiger partial charge in [0.25, 0.3) is 0 Å². The summed E-state index contributed by atoms with van der Waals surface area (Å²) < 4.78 is 18.4. The van der Waals surface area contributed by atoms with Gasteiger partial charge in [-0.1, -0.05) is 19.1 Å². The summed E-state index contributed by atoms with van der Waals surface area (Å²) in [6.07, 6.45) is 9.97. The highest BCUT2D eigenvalue weighted by atomic mass is 19.1. The van der Waals surface area contributed by atoms with Crippen molar-refractivity contribution in [1.82, 2.24) is 5.32 Å². The van der Waals surface area contributed by atoms with Gasteiger partial charge in [0.2, 0.25) is 5.91 Å². The fourth-order valence-corrected chi connectivity index (χ4v) is 5.86. The Bertz CT molecular complexity index is 846. The highest BCUT2D eigenvalue weighted by Gasteiger charge is 2.53. The monoisotopic (exact) mass is 424 g/mol. The van der Waals surface area contributed by atoms with Gasteiger partial charge in [-0.05, 0) is 92.9 Å². The highest BCUT2D eigenvalue weighted by molar-refractivity contribution is 5.83. The van der Waals surface area contributed by atoms with Crippen molar-refractivity contribution < 1.29 is 13.9 Å². The molecule has 2 unspecified atom stereocenters. The van der Waals surface area contributed by atoms with Crippen molar-refractivity contribution in [2.24, 2.45) is 11.3 Å². The number of ether oxygens (including phenoxy) is 1. The number of hydrogen-bond acceptors (Lipinski definition) is 3. The van der Waals surface area contributed by atoms with Crippen LogP contribution >= 0.6 is 0 Å². The van der Waals surface area contributed by atoms with E-state index in [-0.39, 0.29) is 35.3 Å². The van der Waals surface area contributed by atoms with Gasteiger partial charge in [-0.2, -0.15) is 5.26 Å². The molecule has 4 aliphatic rings. The van der Waals surface area contributed by atoms with E-state index in [4.69, 9.17) is 4.74 Å². The lowest BCUT2D eigenvalue weighted by Crippen LogP contribution is -2.53. The summed E-state index contributed by atoms with van der Waals surface area (Å²) in [6, 6.07) is 10.7. The molecule has 0 radical (unpaired) electrons. The van der Waals surface area contributed by atoms with E-state index < -0.39 is 0 Å². The van der Waals surface area contributed by atoms with Crippen LogP contribution in [0.25, 0.3) is 0 Å². The average Bonchev–Trinajstić information content (AvgIpc) is 3.28. The maximum Gasteiger partial charge on any atom is 0.226 e. The van der Waals surface area contributed by atoms with Crippen LogP contribution < -0.4 is 10.1 Å². The van der Waals surface area contributed by atoms with Crippen LogP contribution in [0, 0.1) is 22.7 Å². The molecule has 1 amide bonds. The van der Waals surface area contributed by atoms with Gasteiger partial charge in [0.15, 0.2) is 0 Å². The number of fused-ring (bicyclic) bond motifs is 3. The predicted octanol–water partition coefficient (Wildman–Crippen LogP) is 5.73. The van der Waals surface area contributed by atoms with Gasteiger partial charge in [-0.3, -0.25) is 4.79 Å². The van der Waals surface area contributed by atoms with E-state index >= 15 is 0 Å². The minimum absolute atomic E-state index is 0.0267. The van der Waals surface area contributed by atoms with Gasteiger partial charge in [0.05, 0.1) is 18.3 Å². The Morgan fingerprint density at radius 2 is 1.87 bits per heavy atom. The number of amides is 1. The lowest BCUT2D eigenvalue weighted by molar-refractivity contribution is -0.138. The molecule has 166 valence electrons. The molecule has 4 nitrogen and oxygen atoms in total. The SMILES string of the molecule is CC/C(=C\F)COc1ccc(C23CCC(C(=O)NC4CCCC4C#N)(CC2)CC3)cc1. The molecule has 1 aromatic carbocycles. The molecular formula is C26H33FN2O2. The summed E-state index contributed by atoms with van der Waals surface area (Å²) in [5.41, 5.74) is 1.88. The zero-order valence-electron chi connectivity index (χ0n) is 18.5. The van der Waals surface area contributed by atoms with E-state index in [1.54, 1.807) is 0 Å². The molecule has 5 heteroatoms. The molecule has 2 atom stereocenters. The molecule has 0 saturated heterocycles. The highest BCUT2D eigenvalue weighted by Crippen LogP contribution is 2.58. The van der Waals surface area contributed by atoms with Gasteiger partial charge >= 0.3 is 0 Å². The first-order valence-corrected chi connectivity index (χ1v) is 11.8. The Balaban J connectivity index is 1.37. The van der Waals surface area contributed by atoms with Crippen LogP contribution in [0.1, 0.15) is 76.7 Å². The summed E-state index contributed by atoms with van der Waals surface area (Å²) in [6.45, 7) is 2.20. The van der Waals surface area contributed by atoms with Crippen molar-refractivity contribution in [2.75, 3.05) is 6.61 Å². The Morgan fingerprint density at radius 3 is 2.45 bits per heavy atom. The smallest absolute Gasteiger partial charge is 0.226 e. The lowest BCUT2D eigenvalue weighted by atomic mass is 9.51. The summed E-state index contributed by atoms with van der Waals surface area (Å²) >= 11 is 0. The zero-order valence-corrected chi connectivity index (χ0v) is 18.5. The number of nitriles is 1. The molecule has 0 spiro atoms. The first-order valence-electron chi connectivity index (χ1n) is 11.8. The van der Waals surface area contributed by atoms with Gasteiger partial charge in [-0.15, -0.1) is 0 Å². The fraction of sp³-hybridized carbons (Fsp3) is 0.615. The Hall–Kier alpha value is -2.35. The Labute approximate surface area is 184 Å². The number of nitrogens with zero attached hydrogens (tertiary/aromatic N) is 1. The van der Waals surface area contributed by atoms with Crippen LogP contribution in [0.2, 0.25) is 0 Å². The van der Waals surface area contributed by atoms with Gasteiger partial charge in [0.1, 0.15) is 12.4 Å². The van der Waals surface area contributed by atoms with Crippen LogP contribution in [-0.2, 0) is 10.2 Å². The maximum absolute atomic E-state index is 13.2. The number of rotatable bonds is 7. The molecule has 2 bridgehead atoms. The average molecular weight is 425 g/mol. The van der Waals surface area contributed by atoms with E-state index in [9.17, 15) is 14.4 Å². The molecule has 1 aromatic rings. The van der Waals surface area contributed by atoms with Crippen molar-refractivity contribution >= 4 is 5.91 Å². The molecule has 4 saturated carbocycles. The predicted molar refractivity (Wildman–Crippen MR) is 118 cm³/mol. The van der Waals surface area contributed by atoms with Crippen molar-refractivity contribution in [1.29, 1.82) is 5.26 Å². The van der Waals surface area contributed by atoms with E-state index in [1.165, 1.54) is 5.56 Å². The minimum atomic E-state index is -0.247. The third kappa shape index (κ3) is 4.22. The summed E-state index contributed by atoms with van der Waals surface area (Å²) in [7, 11) is 0. The molecule has 0 aromatic heterocycles. The largest absolute Gasteiger partial charge is 0.489 e.